The van der Waals surface area contributed by atoms with Crippen LogP contribution in [-0.4, -0.2) is 11.8 Å². The van der Waals surface area contributed by atoms with Gasteiger partial charge in [-0.25, -0.2) is 0 Å². The lowest BCUT2D eigenvalue weighted by Crippen LogP contribution is -2.11. The van der Waals surface area contributed by atoms with Crippen LogP contribution in [0, 0.1) is 0 Å². The maximum absolute atomic E-state index is 11.2. The molecule has 21 heavy (non-hydrogen) atoms. The van der Waals surface area contributed by atoms with E-state index >= 15 is 0 Å². The van der Waals surface area contributed by atoms with Crippen molar-refractivity contribution in [3.63, 3.8) is 0 Å². The smallest absolute Gasteiger partial charge is 0.248 e. The summed E-state index contributed by atoms with van der Waals surface area (Å²) in [6.45, 7) is 1.44. The maximum atomic E-state index is 11.2. The average molecular weight is 284 g/mol. The fraction of sp³-hybridized carbons (Fsp3) is 0.0667. The minimum atomic E-state index is -0.523. The average Bonchev–Trinajstić information content (AvgIpc) is 2.40. The van der Waals surface area contributed by atoms with Crippen molar-refractivity contribution in [2.24, 2.45) is 5.73 Å². The van der Waals surface area contributed by atoms with Gasteiger partial charge in [-0.15, -0.1) is 0 Å². The summed E-state index contributed by atoms with van der Waals surface area (Å²) in [5.74, 6) is -0.674. The summed E-state index contributed by atoms with van der Waals surface area (Å²) in [5.41, 5.74) is 13.9. The number of anilines is 4. The first kappa shape index (κ1) is 14.4. The second-order valence-corrected chi connectivity index (χ2v) is 4.55. The van der Waals surface area contributed by atoms with Crippen molar-refractivity contribution >= 4 is 34.6 Å². The Morgan fingerprint density at radius 1 is 1.05 bits per heavy atom. The third-order valence-corrected chi connectivity index (χ3v) is 2.80. The Morgan fingerprint density at radius 3 is 2.43 bits per heavy atom. The van der Waals surface area contributed by atoms with Gasteiger partial charge in [0.25, 0.3) is 0 Å². The first-order chi connectivity index (χ1) is 9.95. The molecule has 6 nitrogen and oxygen atoms in total. The number of rotatable bonds is 4. The van der Waals surface area contributed by atoms with Crippen LogP contribution in [0.25, 0.3) is 0 Å². The Kier molecular flexibility index (Phi) is 4.08. The molecule has 0 aliphatic heterocycles. The predicted octanol–water partition coefficient (Wildman–Crippen LogP) is 2.07. The van der Waals surface area contributed by atoms with Crippen LogP contribution in [-0.2, 0) is 4.79 Å². The van der Waals surface area contributed by atoms with Gasteiger partial charge in [-0.05, 0) is 36.4 Å². The lowest BCUT2D eigenvalue weighted by atomic mass is 10.1. The quantitative estimate of drug-likeness (QED) is 0.644. The second-order valence-electron chi connectivity index (χ2n) is 4.55. The van der Waals surface area contributed by atoms with Gasteiger partial charge >= 0.3 is 0 Å². The van der Waals surface area contributed by atoms with Gasteiger partial charge in [0, 0.05) is 23.9 Å². The third kappa shape index (κ3) is 3.73. The predicted molar refractivity (Wildman–Crippen MR) is 83.4 cm³/mol. The fourth-order valence-electron chi connectivity index (χ4n) is 1.85. The summed E-state index contributed by atoms with van der Waals surface area (Å²) in [4.78, 5) is 22.3. The zero-order valence-electron chi connectivity index (χ0n) is 11.5. The molecule has 0 heterocycles. The summed E-state index contributed by atoms with van der Waals surface area (Å²) in [6, 6.07) is 11.9. The third-order valence-electron chi connectivity index (χ3n) is 2.80. The van der Waals surface area contributed by atoms with Crippen LogP contribution in [0.1, 0.15) is 17.3 Å². The van der Waals surface area contributed by atoms with Crippen molar-refractivity contribution in [2.45, 2.75) is 6.92 Å². The van der Waals surface area contributed by atoms with Crippen molar-refractivity contribution in [1.29, 1.82) is 0 Å². The minimum absolute atomic E-state index is 0.151. The molecular formula is C15H16N4O2. The molecule has 0 aromatic heterocycles. The molecule has 0 aliphatic carbocycles. The molecule has 0 saturated carbocycles. The minimum Gasteiger partial charge on any atom is -0.397 e. The number of primary amides is 1. The van der Waals surface area contributed by atoms with Crippen LogP contribution < -0.4 is 22.1 Å². The van der Waals surface area contributed by atoms with Crippen LogP contribution >= 0.6 is 0 Å². The molecule has 6 N–H and O–H groups in total. The van der Waals surface area contributed by atoms with E-state index in [-0.39, 0.29) is 5.91 Å². The maximum Gasteiger partial charge on any atom is 0.248 e. The van der Waals surface area contributed by atoms with Gasteiger partial charge in [0.1, 0.15) is 0 Å². The fourth-order valence-corrected chi connectivity index (χ4v) is 1.85. The lowest BCUT2D eigenvalue weighted by molar-refractivity contribution is -0.114. The number of benzene rings is 2. The van der Waals surface area contributed by atoms with E-state index in [0.29, 0.717) is 22.6 Å². The number of carbonyl (C=O) groups excluding carboxylic acids is 2. The zero-order chi connectivity index (χ0) is 15.4. The molecule has 0 aliphatic rings. The molecule has 0 radical (unpaired) electrons. The van der Waals surface area contributed by atoms with Gasteiger partial charge < -0.3 is 22.1 Å². The highest BCUT2D eigenvalue weighted by atomic mass is 16.1. The number of nitrogen functional groups attached to an aromatic ring is 1. The molecule has 0 unspecified atom stereocenters. The normalized spacial score (nSPS) is 9.95. The molecular weight excluding hydrogens is 268 g/mol. The van der Waals surface area contributed by atoms with Gasteiger partial charge in [0.2, 0.25) is 11.8 Å². The molecule has 6 heteroatoms. The highest BCUT2D eigenvalue weighted by Gasteiger charge is 2.06. The largest absolute Gasteiger partial charge is 0.397 e. The molecule has 0 bridgehead atoms. The standard InChI is InChI=1S/C15H16N4O2/c1-9(20)18-11-3-2-4-12(8-11)19-14-7-10(15(17)21)5-6-13(14)16/h2-8,19H,16H2,1H3,(H2,17,21)(H,18,20). The van der Waals surface area contributed by atoms with Crippen LogP contribution in [0.15, 0.2) is 42.5 Å². The topological polar surface area (TPSA) is 110 Å². The van der Waals surface area contributed by atoms with Crippen LogP contribution in [0.2, 0.25) is 0 Å². The molecule has 2 aromatic rings. The lowest BCUT2D eigenvalue weighted by Gasteiger charge is -2.12. The number of hydrogen-bond acceptors (Lipinski definition) is 4. The highest BCUT2D eigenvalue weighted by molar-refractivity contribution is 5.95. The van der Waals surface area contributed by atoms with Crippen LogP contribution in [0.3, 0.4) is 0 Å². The van der Waals surface area contributed by atoms with Gasteiger partial charge in [-0.3, -0.25) is 9.59 Å². The van der Waals surface area contributed by atoms with Crippen molar-refractivity contribution in [3.8, 4) is 0 Å². The van der Waals surface area contributed by atoms with E-state index in [9.17, 15) is 9.59 Å². The molecule has 2 aromatic carbocycles. The zero-order valence-corrected chi connectivity index (χ0v) is 11.5. The monoisotopic (exact) mass is 284 g/mol. The van der Waals surface area contributed by atoms with E-state index in [2.05, 4.69) is 10.6 Å². The van der Waals surface area contributed by atoms with Gasteiger partial charge in [-0.1, -0.05) is 6.07 Å². The van der Waals surface area contributed by atoms with Gasteiger partial charge in [0.15, 0.2) is 0 Å². The Morgan fingerprint density at radius 2 is 1.76 bits per heavy atom. The van der Waals surface area contributed by atoms with Gasteiger partial charge in [-0.2, -0.15) is 0 Å². The Balaban J connectivity index is 2.27. The number of hydrogen-bond donors (Lipinski definition) is 4. The van der Waals surface area contributed by atoms with E-state index < -0.39 is 5.91 Å². The first-order valence-corrected chi connectivity index (χ1v) is 6.29. The Hall–Kier alpha value is -3.02. The van der Waals surface area contributed by atoms with E-state index in [1.807, 2.05) is 6.07 Å². The summed E-state index contributed by atoms with van der Waals surface area (Å²) in [7, 11) is 0. The molecule has 2 amide bonds. The van der Waals surface area contributed by atoms with Crippen molar-refractivity contribution < 1.29 is 9.59 Å². The summed E-state index contributed by atoms with van der Waals surface area (Å²) in [6.07, 6.45) is 0. The Bertz CT molecular complexity index is 698. The van der Waals surface area contributed by atoms with Crippen LogP contribution in [0.5, 0.6) is 0 Å². The molecule has 0 fully saturated rings. The molecule has 0 saturated heterocycles. The summed E-state index contributed by atoms with van der Waals surface area (Å²) >= 11 is 0. The highest BCUT2D eigenvalue weighted by Crippen LogP contribution is 2.25. The molecule has 2 rings (SSSR count). The van der Waals surface area contributed by atoms with E-state index in [0.717, 1.165) is 5.69 Å². The number of carbonyl (C=O) groups is 2. The van der Waals surface area contributed by atoms with E-state index in [1.54, 1.807) is 36.4 Å². The summed E-state index contributed by atoms with van der Waals surface area (Å²) in [5, 5.41) is 5.79. The Labute approximate surface area is 122 Å². The van der Waals surface area contributed by atoms with E-state index in [4.69, 9.17) is 11.5 Å². The SMILES string of the molecule is CC(=O)Nc1cccc(Nc2cc(C(N)=O)ccc2N)c1. The van der Waals surface area contributed by atoms with Crippen LogP contribution in [0.4, 0.5) is 22.7 Å². The number of nitrogens with two attached hydrogens (primary N) is 2. The van der Waals surface area contributed by atoms with Crippen molar-refractivity contribution in [3.05, 3.63) is 48.0 Å². The molecule has 0 spiro atoms. The second kappa shape index (κ2) is 5.96. The van der Waals surface area contributed by atoms with Crippen molar-refractivity contribution in [1.82, 2.24) is 0 Å². The number of nitrogens with one attached hydrogen (secondary N) is 2. The summed E-state index contributed by atoms with van der Waals surface area (Å²) < 4.78 is 0. The first-order valence-electron chi connectivity index (χ1n) is 6.29. The number of amides is 2. The van der Waals surface area contributed by atoms with Gasteiger partial charge in [0.05, 0.1) is 11.4 Å². The molecule has 108 valence electrons. The van der Waals surface area contributed by atoms with E-state index in [1.165, 1.54) is 6.92 Å². The van der Waals surface area contributed by atoms with Crippen molar-refractivity contribution in [2.75, 3.05) is 16.4 Å². The molecule has 0 atom stereocenters.